The summed E-state index contributed by atoms with van der Waals surface area (Å²) >= 11 is 1.38. The van der Waals surface area contributed by atoms with E-state index in [4.69, 9.17) is 5.26 Å². The van der Waals surface area contributed by atoms with Gasteiger partial charge >= 0.3 is 0 Å². The number of hydrogen-bond acceptors (Lipinski definition) is 4. The Morgan fingerprint density at radius 3 is 2.52 bits per heavy atom. The van der Waals surface area contributed by atoms with Crippen molar-refractivity contribution in [3.63, 3.8) is 0 Å². The Hall–Kier alpha value is -2.85. The van der Waals surface area contributed by atoms with Crippen molar-refractivity contribution in [1.29, 1.82) is 5.26 Å². The largest absolute Gasteiger partial charge is 0.326 e. The maximum atomic E-state index is 13.8. The van der Waals surface area contributed by atoms with Gasteiger partial charge in [-0.05, 0) is 35.9 Å². The lowest BCUT2D eigenvalue weighted by Gasteiger charge is -2.09. The van der Waals surface area contributed by atoms with Gasteiger partial charge in [-0.15, -0.1) is 11.8 Å². The third-order valence-electron chi connectivity index (χ3n) is 3.15. The van der Waals surface area contributed by atoms with Crippen LogP contribution in [0, 0.1) is 17.1 Å². The first kappa shape index (κ1) is 18.5. The number of thioether (sulfide) groups is 1. The van der Waals surface area contributed by atoms with E-state index in [0.29, 0.717) is 17.0 Å². The highest BCUT2D eigenvalue weighted by molar-refractivity contribution is 7.99. The van der Waals surface area contributed by atoms with Crippen LogP contribution in [-0.2, 0) is 15.3 Å². The maximum Gasteiger partial charge on any atom is 0.234 e. The number of halogens is 1. The topological polar surface area (TPSA) is 82.0 Å². The molecule has 128 valence electrons. The number of benzene rings is 2. The molecule has 25 heavy (non-hydrogen) atoms. The summed E-state index contributed by atoms with van der Waals surface area (Å²) in [4.78, 5) is 23.0. The summed E-state index contributed by atoms with van der Waals surface area (Å²) in [7, 11) is 0. The fourth-order valence-electron chi connectivity index (χ4n) is 2.03. The van der Waals surface area contributed by atoms with Gasteiger partial charge < -0.3 is 10.6 Å². The van der Waals surface area contributed by atoms with Crippen LogP contribution in [0.25, 0.3) is 0 Å². The number of nitriles is 1. The first-order valence-electron chi connectivity index (χ1n) is 7.41. The van der Waals surface area contributed by atoms with Crippen molar-refractivity contribution in [2.45, 2.75) is 12.7 Å². The molecule has 2 rings (SSSR count). The molecular weight excluding hydrogens is 341 g/mol. The number of rotatable bonds is 6. The minimum absolute atomic E-state index is 0.0234. The van der Waals surface area contributed by atoms with Crippen molar-refractivity contribution in [2.24, 2.45) is 0 Å². The third kappa shape index (κ3) is 5.94. The number of anilines is 2. The molecule has 0 aromatic heterocycles. The number of nitrogens with zero attached hydrogens (tertiary/aromatic N) is 1. The molecule has 0 spiro atoms. The van der Waals surface area contributed by atoms with Gasteiger partial charge in [0.05, 0.1) is 23.1 Å². The highest BCUT2D eigenvalue weighted by Gasteiger charge is 2.09. The summed E-state index contributed by atoms with van der Waals surface area (Å²) in [5.41, 5.74) is 2.02. The maximum absolute atomic E-state index is 13.8. The molecule has 0 aliphatic heterocycles. The van der Waals surface area contributed by atoms with E-state index >= 15 is 0 Å². The van der Waals surface area contributed by atoms with E-state index in [0.717, 1.165) is 5.56 Å². The summed E-state index contributed by atoms with van der Waals surface area (Å²) in [5.74, 6) is -0.420. The monoisotopic (exact) mass is 357 g/mol. The number of hydrogen-bond donors (Lipinski definition) is 2. The molecule has 2 amide bonds. The van der Waals surface area contributed by atoms with E-state index < -0.39 is 5.82 Å². The molecule has 0 bridgehead atoms. The lowest BCUT2D eigenvalue weighted by Crippen LogP contribution is -2.15. The zero-order valence-corrected chi connectivity index (χ0v) is 14.3. The summed E-state index contributed by atoms with van der Waals surface area (Å²) in [6.45, 7) is 1.35. The zero-order chi connectivity index (χ0) is 18.2. The molecule has 0 atom stereocenters. The molecule has 0 unspecified atom stereocenters. The van der Waals surface area contributed by atoms with Crippen molar-refractivity contribution in [1.82, 2.24) is 0 Å². The van der Waals surface area contributed by atoms with E-state index in [9.17, 15) is 14.0 Å². The fourth-order valence-corrected chi connectivity index (χ4v) is 2.81. The van der Waals surface area contributed by atoms with Crippen LogP contribution >= 0.6 is 11.8 Å². The highest BCUT2D eigenvalue weighted by atomic mass is 32.2. The molecule has 0 aliphatic carbocycles. The molecule has 0 radical (unpaired) electrons. The van der Waals surface area contributed by atoms with Gasteiger partial charge in [0, 0.05) is 18.4 Å². The number of carbonyl (C=O) groups is 2. The van der Waals surface area contributed by atoms with Gasteiger partial charge in [-0.2, -0.15) is 5.26 Å². The Labute approximate surface area is 149 Å². The lowest BCUT2D eigenvalue weighted by atomic mass is 10.2. The Morgan fingerprint density at radius 1 is 1.16 bits per heavy atom. The Bertz CT molecular complexity index is 816. The van der Waals surface area contributed by atoms with Crippen LogP contribution in [0.5, 0.6) is 0 Å². The molecular formula is C18H16FN3O2S. The third-order valence-corrected chi connectivity index (χ3v) is 4.15. The van der Waals surface area contributed by atoms with E-state index in [1.807, 2.05) is 18.2 Å². The quantitative estimate of drug-likeness (QED) is 0.829. The fraction of sp³-hybridized carbons (Fsp3) is 0.167. The van der Waals surface area contributed by atoms with Crippen molar-refractivity contribution in [2.75, 3.05) is 16.4 Å². The van der Waals surface area contributed by atoms with Crippen molar-refractivity contribution < 1.29 is 14.0 Å². The minimum atomic E-state index is -0.570. The highest BCUT2D eigenvalue weighted by Crippen LogP contribution is 2.20. The lowest BCUT2D eigenvalue weighted by molar-refractivity contribution is -0.114. The molecule has 0 aliphatic rings. The molecule has 2 N–H and O–H groups in total. The van der Waals surface area contributed by atoms with Gasteiger partial charge in [-0.1, -0.05) is 12.1 Å². The number of carbonyl (C=O) groups excluding carboxylic acids is 2. The standard InChI is InChI=1S/C18H16FN3O2S/c1-12(23)21-15-6-7-16(19)17(8-15)22-18(24)11-25-10-14-4-2-13(9-20)3-5-14/h2-8H,10-11H2,1H3,(H,21,23)(H,22,24). The van der Waals surface area contributed by atoms with Crippen LogP contribution in [0.1, 0.15) is 18.1 Å². The molecule has 0 saturated heterocycles. The Morgan fingerprint density at radius 2 is 1.88 bits per heavy atom. The summed E-state index contributed by atoms with van der Waals surface area (Å²) in [5, 5.41) is 13.8. The Kier molecular flexibility index (Phi) is 6.54. The van der Waals surface area contributed by atoms with Gasteiger partial charge in [-0.25, -0.2) is 4.39 Å². The van der Waals surface area contributed by atoms with E-state index in [-0.39, 0.29) is 23.3 Å². The van der Waals surface area contributed by atoms with Gasteiger partial charge in [0.25, 0.3) is 0 Å². The minimum Gasteiger partial charge on any atom is -0.326 e. The predicted octanol–water partition coefficient (Wildman–Crippen LogP) is 3.53. The van der Waals surface area contributed by atoms with Gasteiger partial charge in [-0.3, -0.25) is 9.59 Å². The van der Waals surface area contributed by atoms with Crippen LogP contribution in [-0.4, -0.2) is 17.6 Å². The average Bonchev–Trinajstić information content (AvgIpc) is 2.58. The molecule has 0 saturated carbocycles. The van der Waals surface area contributed by atoms with Crippen LogP contribution < -0.4 is 10.6 Å². The van der Waals surface area contributed by atoms with E-state index in [2.05, 4.69) is 10.6 Å². The first-order chi connectivity index (χ1) is 12.0. The molecule has 5 nitrogen and oxygen atoms in total. The van der Waals surface area contributed by atoms with Gasteiger partial charge in [0.15, 0.2) is 0 Å². The van der Waals surface area contributed by atoms with Crippen molar-refractivity contribution in [3.05, 3.63) is 59.4 Å². The SMILES string of the molecule is CC(=O)Nc1ccc(F)c(NC(=O)CSCc2ccc(C#N)cc2)c1. The smallest absolute Gasteiger partial charge is 0.234 e. The van der Waals surface area contributed by atoms with Gasteiger partial charge in [0.2, 0.25) is 11.8 Å². The Balaban J connectivity index is 1.87. The predicted molar refractivity (Wildman–Crippen MR) is 96.7 cm³/mol. The second kappa shape index (κ2) is 8.85. The molecule has 2 aromatic rings. The summed E-state index contributed by atoms with van der Waals surface area (Å²) in [6, 6.07) is 13.1. The summed E-state index contributed by atoms with van der Waals surface area (Å²) in [6.07, 6.45) is 0. The normalized spacial score (nSPS) is 9.96. The first-order valence-corrected chi connectivity index (χ1v) is 8.57. The van der Waals surface area contributed by atoms with Crippen LogP contribution in [0.15, 0.2) is 42.5 Å². The van der Waals surface area contributed by atoms with Crippen LogP contribution in [0.3, 0.4) is 0 Å². The molecule has 7 heteroatoms. The zero-order valence-electron chi connectivity index (χ0n) is 13.5. The van der Waals surface area contributed by atoms with E-state index in [1.165, 1.54) is 36.9 Å². The number of amides is 2. The number of nitrogens with one attached hydrogen (secondary N) is 2. The average molecular weight is 357 g/mol. The van der Waals surface area contributed by atoms with Crippen molar-refractivity contribution >= 4 is 35.0 Å². The van der Waals surface area contributed by atoms with Crippen molar-refractivity contribution in [3.8, 4) is 6.07 Å². The van der Waals surface area contributed by atoms with Crippen LogP contribution in [0.4, 0.5) is 15.8 Å². The molecule has 0 fully saturated rings. The van der Waals surface area contributed by atoms with Crippen LogP contribution in [0.2, 0.25) is 0 Å². The summed E-state index contributed by atoms with van der Waals surface area (Å²) < 4.78 is 13.8. The van der Waals surface area contributed by atoms with Gasteiger partial charge in [0.1, 0.15) is 5.82 Å². The van der Waals surface area contributed by atoms with E-state index in [1.54, 1.807) is 12.1 Å². The second-order valence-electron chi connectivity index (χ2n) is 5.23. The molecule has 2 aromatic carbocycles. The second-order valence-corrected chi connectivity index (χ2v) is 6.21. The molecule has 0 heterocycles.